The summed E-state index contributed by atoms with van der Waals surface area (Å²) >= 11 is 3.80. The number of rotatable bonds is 6. The molecule has 0 N–H and O–H groups in total. The molecule has 0 aliphatic carbocycles. The minimum absolute atomic E-state index is 0.906. The molecule has 0 atom stereocenters. The first kappa shape index (κ1) is 27.2. The van der Waals surface area contributed by atoms with Gasteiger partial charge in [0.2, 0.25) is 0 Å². The summed E-state index contributed by atoms with van der Waals surface area (Å²) in [6.07, 6.45) is 0. The Morgan fingerprint density at radius 3 is 1.69 bits per heavy atom. The van der Waals surface area contributed by atoms with Gasteiger partial charge in [-0.15, -0.1) is 0 Å². The second-order valence-corrected chi connectivity index (χ2v) is 12.1. The van der Waals surface area contributed by atoms with Crippen molar-refractivity contribution in [2.45, 2.75) is 0 Å². The van der Waals surface area contributed by atoms with E-state index in [2.05, 4.69) is 179 Å². The van der Waals surface area contributed by atoms with Crippen molar-refractivity contribution in [3.8, 4) is 33.4 Å². The summed E-state index contributed by atoms with van der Waals surface area (Å²) in [4.78, 5) is 2.30. The first-order valence-electron chi connectivity index (χ1n) is 15.0. The lowest BCUT2D eigenvalue weighted by Crippen LogP contribution is -2.09. The highest BCUT2D eigenvalue weighted by atomic mass is 79.9. The van der Waals surface area contributed by atoms with Gasteiger partial charge in [0.15, 0.2) is 0 Å². The molecule has 8 aromatic rings. The van der Waals surface area contributed by atoms with Crippen LogP contribution >= 0.6 is 15.9 Å². The molecule has 1 aromatic heterocycles. The molecule has 8 rings (SSSR count). The summed E-state index contributed by atoms with van der Waals surface area (Å²) in [7, 11) is 0. The van der Waals surface area contributed by atoms with Crippen LogP contribution in [0.25, 0.3) is 55.3 Å². The summed E-state index contributed by atoms with van der Waals surface area (Å²) in [6, 6.07) is 59.8. The zero-order valence-corrected chi connectivity index (χ0v) is 26.0. The molecule has 0 aliphatic heterocycles. The van der Waals surface area contributed by atoms with E-state index in [1.807, 2.05) is 12.1 Å². The van der Waals surface area contributed by atoms with E-state index in [1.165, 1.54) is 0 Å². The lowest BCUT2D eigenvalue weighted by atomic mass is 9.95. The number of anilines is 3. The second kappa shape index (κ2) is 11.6. The van der Waals surface area contributed by atoms with Gasteiger partial charge in [0.05, 0.1) is 0 Å². The van der Waals surface area contributed by atoms with Gasteiger partial charge in [-0.25, -0.2) is 0 Å². The van der Waals surface area contributed by atoms with E-state index >= 15 is 0 Å². The monoisotopic (exact) mass is 641 g/mol. The fourth-order valence-electron chi connectivity index (χ4n) is 6.19. The van der Waals surface area contributed by atoms with Crippen LogP contribution in [-0.2, 0) is 0 Å². The minimum atomic E-state index is 0.906. The fourth-order valence-corrected chi connectivity index (χ4v) is 6.68. The Labute approximate surface area is 271 Å². The van der Waals surface area contributed by atoms with Crippen LogP contribution in [0.4, 0.5) is 17.1 Å². The molecule has 0 saturated carbocycles. The van der Waals surface area contributed by atoms with E-state index in [1.54, 1.807) is 0 Å². The molecule has 1 heterocycles. The molecule has 214 valence electrons. The predicted molar refractivity (Wildman–Crippen MR) is 192 cm³/mol. The number of hydrogen-bond acceptors (Lipinski definition) is 2. The Kier molecular flexibility index (Phi) is 7.01. The van der Waals surface area contributed by atoms with Gasteiger partial charge >= 0.3 is 0 Å². The van der Waals surface area contributed by atoms with Crippen molar-refractivity contribution < 1.29 is 4.42 Å². The third kappa shape index (κ3) is 5.22. The molecule has 0 fully saturated rings. The Morgan fingerprint density at radius 2 is 0.933 bits per heavy atom. The zero-order chi connectivity index (χ0) is 30.2. The van der Waals surface area contributed by atoms with Crippen molar-refractivity contribution in [1.82, 2.24) is 0 Å². The summed E-state index contributed by atoms with van der Waals surface area (Å²) < 4.78 is 7.40. The summed E-state index contributed by atoms with van der Waals surface area (Å²) in [5.74, 6) is 0. The maximum Gasteiger partial charge on any atom is 0.143 e. The summed E-state index contributed by atoms with van der Waals surface area (Å²) in [6.45, 7) is 0. The molecular weight excluding hydrogens is 614 g/mol. The van der Waals surface area contributed by atoms with Crippen molar-refractivity contribution in [2.75, 3.05) is 4.90 Å². The van der Waals surface area contributed by atoms with E-state index in [0.29, 0.717) is 0 Å². The Hall–Kier alpha value is -5.38. The van der Waals surface area contributed by atoms with Crippen LogP contribution in [0.2, 0.25) is 0 Å². The van der Waals surface area contributed by atoms with Crippen LogP contribution in [0.1, 0.15) is 0 Å². The molecule has 2 nitrogen and oxygen atoms in total. The third-order valence-electron chi connectivity index (χ3n) is 8.28. The fraction of sp³-hybridized carbons (Fsp3) is 0. The van der Waals surface area contributed by atoms with E-state index < -0.39 is 0 Å². The molecular formula is C42H28BrNO. The van der Waals surface area contributed by atoms with Gasteiger partial charge in [-0.1, -0.05) is 119 Å². The van der Waals surface area contributed by atoms with Gasteiger partial charge in [0.1, 0.15) is 11.2 Å². The van der Waals surface area contributed by atoms with E-state index in [4.69, 9.17) is 4.42 Å². The van der Waals surface area contributed by atoms with Gasteiger partial charge in [-0.05, 0) is 94.5 Å². The maximum atomic E-state index is 6.38. The average molecular weight is 643 g/mol. The molecule has 45 heavy (non-hydrogen) atoms. The average Bonchev–Trinajstić information content (AvgIpc) is 3.48. The molecule has 0 spiro atoms. The van der Waals surface area contributed by atoms with Crippen LogP contribution in [0.15, 0.2) is 179 Å². The number of benzene rings is 7. The molecule has 0 aliphatic rings. The smallest absolute Gasteiger partial charge is 0.143 e. The van der Waals surface area contributed by atoms with Gasteiger partial charge in [0, 0.05) is 37.9 Å². The highest BCUT2D eigenvalue weighted by Gasteiger charge is 2.15. The second-order valence-electron chi connectivity index (χ2n) is 11.1. The maximum absolute atomic E-state index is 6.38. The number of furan rings is 1. The zero-order valence-electron chi connectivity index (χ0n) is 24.4. The van der Waals surface area contributed by atoms with Crippen molar-refractivity contribution in [2.24, 2.45) is 0 Å². The van der Waals surface area contributed by atoms with Gasteiger partial charge < -0.3 is 9.32 Å². The summed E-state index contributed by atoms with van der Waals surface area (Å²) in [5, 5.41) is 2.27. The Balaban J connectivity index is 1.19. The van der Waals surface area contributed by atoms with Gasteiger partial charge in [-0.2, -0.15) is 0 Å². The van der Waals surface area contributed by atoms with Crippen molar-refractivity contribution in [3.63, 3.8) is 0 Å². The molecule has 0 unspecified atom stereocenters. The van der Waals surface area contributed by atoms with Crippen molar-refractivity contribution in [3.05, 3.63) is 174 Å². The number of fused-ring (bicyclic) bond motifs is 3. The van der Waals surface area contributed by atoms with Gasteiger partial charge in [-0.3, -0.25) is 0 Å². The topological polar surface area (TPSA) is 16.4 Å². The SMILES string of the molecule is Brc1cc(-c2cccc(-c3cccc(N(c4ccccc4)c4ccccc4)c3)c2)cc(-c2cccc3c2oc2ccccc23)c1. The molecule has 0 bridgehead atoms. The highest BCUT2D eigenvalue weighted by molar-refractivity contribution is 9.10. The number of para-hydroxylation sites is 4. The number of hydrogen-bond donors (Lipinski definition) is 0. The molecule has 3 heteroatoms. The third-order valence-corrected chi connectivity index (χ3v) is 8.73. The summed E-state index contributed by atoms with van der Waals surface area (Å²) in [5.41, 5.74) is 12.0. The predicted octanol–water partition coefficient (Wildman–Crippen LogP) is 12.8. The lowest BCUT2D eigenvalue weighted by molar-refractivity contribution is 0.670. The Morgan fingerprint density at radius 1 is 0.400 bits per heavy atom. The minimum Gasteiger partial charge on any atom is -0.455 e. The first-order valence-corrected chi connectivity index (χ1v) is 15.8. The first-order chi connectivity index (χ1) is 22.2. The van der Waals surface area contributed by atoms with Crippen molar-refractivity contribution in [1.29, 1.82) is 0 Å². The molecule has 7 aromatic carbocycles. The number of nitrogens with zero attached hydrogens (tertiary/aromatic N) is 1. The molecule has 0 amide bonds. The van der Waals surface area contributed by atoms with E-state index in [9.17, 15) is 0 Å². The van der Waals surface area contributed by atoms with Crippen LogP contribution in [0.5, 0.6) is 0 Å². The largest absolute Gasteiger partial charge is 0.455 e. The van der Waals surface area contributed by atoms with Gasteiger partial charge in [0.25, 0.3) is 0 Å². The lowest BCUT2D eigenvalue weighted by Gasteiger charge is -2.26. The van der Waals surface area contributed by atoms with E-state index in [-0.39, 0.29) is 0 Å². The molecule has 0 saturated heterocycles. The number of halogens is 1. The van der Waals surface area contributed by atoms with Crippen LogP contribution in [0, 0.1) is 0 Å². The highest BCUT2D eigenvalue weighted by Crippen LogP contribution is 2.40. The van der Waals surface area contributed by atoms with Crippen LogP contribution in [0.3, 0.4) is 0 Å². The quantitative estimate of drug-likeness (QED) is 0.179. The molecule has 0 radical (unpaired) electrons. The van der Waals surface area contributed by atoms with Crippen molar-refractivity contribution >= 4 is 54.9 Å². The van der Waals surface area contributed by atoms with Crippen LogP contribution < -0.4 is 4.90 Å². The van der Waals surface area contributed by atoms with Crippen LogP contribution in [-0.4, -0.2) is 0 Å². The standard InChI is InChI=1S/C42H28BrNO/c43-34-26-32(25-33(27-34)38-21-11-22-40-39-20-7-8-23-41(39)45-42(38)40)30-13-9-12-29(24-30)31-14-10-19-37(28-31)44(35-15-3-1-4-16-35)36-17-5-2-6-18-36/h1-28H. The normalized spacial score (nSPS) is 11.2. The van der Waals surface area contributed by atoms with E-state index in [0.717, 1.165) is 76.9 Å². The Bertz CT molecular complexity index is 2250.